The van der Waals surface area contributed by atoms with Crippen LogP contribution >= 0.6 is 11.3 Å². The van der Waals surface area contributed by atoms with Gasteiger partial charge in [0.2, 0.25) is 5.91 Å². The van der Waals surface area contributed by atoms with E-state index in [4.69, 9.17) is 0 Å². The summed E-state index contributed by atoms with van der Waals surface area (Å²) in [5.41, 5.74) is -0.200. The van der Waals surface area contributed by atoms with E-state index >= 15 is 0 Å². The van der Waals surface area contributed by atoms with Crippen LogP contribution in [0.25, 0.3) is 10.2 Å². The number of thiophene rings is 1. The molecule has 0 unspecified atom stereocenters. The predicted molar refractivity (Wildman–Crippen MR) is 83.8 cm³/mol. The van der Waals surface area contributed by atoms with Gasteiger partial charge < -0.3 is 4.90 Å². The van der Waals surface area contributed by atoms with Crippen molar-refractivity contribution in [2.75, 3.05) is 13.1 Å². The average molecular weight is 319 g/mol. The van der Waals surface area contributed by atoms with Crippen molar-refractivity contribution in [2.24, 2.45) is 11.8 Å². The molecule has 0 N–H and O–H groups in total. The van der Waals surface area contributed by atoms with Crippen LogP contribution in [0.1, 0.15) is 13.8 Å². The Balaban J connectivity index is 1.80. The maximum atomic E-state index is 12.4. The van der Waals surface area contributed by atoms with E-state index in [0.29, 0.717) is 23.3 Å². The third-order valence-electron chi connectivity index (χ3n) is 4.07. The monoisotopic (exact) mass is 319 g/mol. The fourth-order valence-electron chi connectivity index (χ4n) is 2.86. The minimum Gasteiger partial charge on any atom is -0.340 e. The Bertz CT molecular complexity index is 781. The second kappa shape index (κ2) is 5.64. The minimum absolute atomic E-state index is 0.0365. The van der Waals surface area contributed by atoms with E-state index in [9.17, 15) is 14.4 Å². The molecule has 0 radical (unpaired) electrons. The van der Waals surface area contributed by atoms with Crippen LogP contribution in [-0.2, 0) is 16.1 Å². The largest absolute Gasteiger partial charge is 0.340 e. The molecule has 2 atom stereocenters. The van der Waals surface area contributed by atoms with Gasteiger partial charge in [0.15, 0.2) is 0 Å². The van der Waals surface area contributed by atoms with Crippen molar-refractivity contribution in [3.63, 3.8) is 0 Å². The molecule has 3 rings (SSSR count). The van der Waals surface area contributed by atoms with Crippen LogP contribution in [0.15, 0.2) is 22.6 Å². The summed E-state index contributed by atoms with van der Waals surface area (Å²) in [4.78, 5) is 43.1. The molecule has 1 amide bonds. The molecular weight excluding hydrogens is 302 g/mol. The summed E-state index contributed by atoms with van der Waals surface area (Å²) in [5, 5.41) is 2.35. The highest BCUT2D eigenvalue weighted by atomic mass is 32.1. The van der Waals surface area contributed by atoms with Crippen LogP contribution in [-0.4, -0.2) is 39.2 Å². The molecule has 1 aliphatic heterocycles. The second-order valence-corrected chi connectivity index (χ2v) is 6.71. The van der Waals surface area contributed by atoms with Gasteiger partial charge >= 0.3 is 0 Å². The molecular formula is C15H17N3O3S. The number of amides is 1. The third-order valence-corrected chi connectivity index (χ3v) is 4.89. The molecule has 7 heteroatoms. The zero-order chi connectivity index (χ0) is 15.9. The summed E-state index contributed by atoms with van der Waals surface area (Å²) in [6, 6.07) is 1.72. The Kier molecular flexibility index (Phi) is 3.82. The molecule has 0 aromatic carbocycles. The molecule has 3 heterocycles. The minimum atomic E-state index is -0.200. The van der Waals surface area contributed by atoms with Crippen molar-refractivity contribution >= 4 is 33.2 Å². The van der Waals surface area contributed by atoms with Crippen molar-refractivity contribution in [1.82, 2.24) is 14.5 Å². The van der Waals surface area contributed by atoms with E-state index < -0.39 is 0 Å². The Labute approximate surface area is 131 Å². The second-order valence-electron chi connectivity index (χ2n) is 5.82. The van der Waals surface area contributed by atoms with Crippen LogP contribution in [0.3, 0.4) is 0 Å². The summed E-state index contributed by atoms with van der Waals surface area (Å²) < 4.78 is 1.34. The van der Waals surface area contributed by atoms with E-state index in [1.54, 1.807) is 11.0 Å². The fourth-order valence-corrected chi connectivity index (χ4v) is 3.58. The number of rotatable bonds is 2. The highest BCUT2D eigenvalue weighted by molar-refractivity contribution is 7.16. The first-order valence-corrected chi connectivity index (χ1v) is 8.09. The van der Waals surface area contributed by atoms with Crippen molar-refractivity contribution in [1.29, 1.82) is 0 Å². The number of nitrogens with zero attached hydrogens (tertiary/aromatic N) is 3. The molecule has 2 aromatic rings. The highest BCUT2D eigenvalue weighted by Crippen LogP contribution is 2.18. The van der Waals surface area contributed by atoms with Gasteiger partial charge in [-0.15, -0.1) is 11.3 Å². The number of carbonyl (C=O) groups is 2. The number of Topliss-reactive ketones (excluding diaryl/α,β-unsaturated/α-hetero) is 1. The number of likely N-dealkylation sites (tertiary alicyclic amines) is 1. The molecule has 22 heavy (non-hydrogen) atoms. The quantitative estimate of drug-likeness (QED) is 0.832. The fraction of sp³-hybridized carbons (Fsp3) is 0.467. The van der Waals surface area contributed by atoms with Crippen molar-refractivity contribution < 1.29 is 9.59 Å². The Morgan fingerprint density at radius 1 is 1.32 bits per heavy atom. The molecule has 0 aliphatic carbocycles. The zero-order valence-corrected chi connectivity index (χ0v) is 13.3. The van der Waals surface area contributed by atoms with Crippen molar-refractivity contribution in [3.05, 3.63) is 28.1 Å². The smallest absolute Gasteiger partial charge is 0.262 e. The molecule has 0 spiro atoms. The molecule has 116 valence electrons. The lowest BCUT2D eigenvalue weighted by molar-refractivity contribution is -0.140. The molecule has 0 saturated carbocycles. The van der Waals surface area contributed by atoms with E-state index in [2.05, 4.69) is 4.98 Å². The number of fused-ring (bicyclic) bond motifs is 1. The number of hydrogen-bond acceptors (Lipinski definition) is 5. The lowest BCUT2D eigenvalue weighted by Gasteiger charge is -2.34. The van der Waals surface area contributed by atoms with Crippen LogP contribution in [0.5, 0.6) is 0 Å². The number of ketones is 1. The summed E-state index contributed by atoms with van der Waals surface area (Å²) in [6.45, 7) is 4.48. The number of carbonyl (C=O) groups excluding carboxylic acids is 2. The van der Waals surface area contributed by atoms with Crippen LogP contribution in [0, 0.1) is 11.8 Å². The SMILES string of the molecule is C[C@@H]1CN(C(=O)Cn2cnc3sccc3c2=O)C[C@H](C)C1=O. The van der Waals surface area contributed by atoms with Gasteiger partial charge in [0.05, 0.1) is 11.7 Å². The maximum Gasteiger partial charge on any atom is 0.262 e. The molecule has 1 aliphatic rings. The Hall–Kier alpha value is -2.02. The topological polar surface area (TPSA) is 72.3 Å². The first-order valence-electron chi connectivity index (χ1n) is 7.21. The normalized spacial score (nSPS) is 22.3. The van der Waals surface area contributed by atoms with Crippen molar-refractivity contribution in [3.8, 4) is 0 Å². The van der Waals surface area contributed by atoms with Gasteiger partial charge in [-0.05, 0) is 11.4 Å². The van der Waals surface area contributed by atoms with E-state index in [0.717, 1.165) is 0 Å². The number of aromatic nitrogens is 2. The highest BCUT2D eigenvalue weighted by Gasteiger charge is 2.32. The van der Waals surface area contributed by atoms with Crippen LogP contribution in [0.4, 0.5) is 0 Å². The van der Waals surface area contributed by atoms with Crippen molar-refractivity contribution in [2.45, 2.75) is 20.4 Å². The average Bonchev–Trinajstić information content (AvgIpc) is 2.96. The molecule has 6 nitrogen and oxygen atoms in total. The van der Waals surface area contributed by atoms with Crippen LogP contribution in [0.2, 0.25) is 0 Å². The van der Waals surface area contributed by atoms with Crippen LogP contribution < -0.4 is 5.56 Å². The Morgan fingerprint density at radius 2 is 2.00 bits per heavy atom. The van der Waals surface area contributed by atoms with Gasteiger partial charge in [0.1, 0.15) is 17.2 Å². The lowest BCUT2D eigenvalue weighted by atomic mass is 9.90. The predicted octanol–water partition coefficient (Wildman–Crippen LogP) is 1.14. The lowest BCUT2D eigenvalue weighted by Crippen LogP contribution is -2.49. The first kappa shape index (κ1) is 14.9. The van der Waals surface area contributed by atoms with E-state index in [1.165, 1.54) is 22.2 Å². The van der Waals surface area contributed by atoms with Gasteiger partial charge in [-0.25, -0.2) is 4.98 Å². The van der Waals surface area contributed by atoms with Gasteiger partial charge in [-0.2, -0.15) is 0 Å². The van der Waals surface area contributed by atoms with Gasteiger partial charge in [-0.1, -0.05) is 13.8 Å². The molecule has 2 aromatic heterocycles. The van der Waals surface area contributed by atoms with E-state index in [1.807, 2.05) is 19.2 Å². The molecule has 0 bridgehead atoms. The maximum absolute atomic E-state index is 12.4. The van der Waals surface area contributed by atoms with Gasteiger partial charge in [0, 0.05) is 24.9 Å². The number of hydrogen-bond donors (Lipinski definition) is 0. The third kappa shape index (κ3) is 2.56. The number of piperidine rings is 1. The summed E-state index contributed by atoms with van der Waals surface area (Å²) >= 11 is 1.40. The zero-order valence-electron chi connectivity index (χ0n) is 12.5. The molecule has 1 saturated heterocycles. The summed E-state index contributed by atoms with van der Waals surface area (Å²) in [5.74, 6) is -0.254. The van der Waals surface area contributed by atoms with Gasteiger partial charge in [0.25, 0.3) is 5.56 Å². The molecule has 1 fully saturated rings. The first-order chi connectivity index (χ1) is 10.5. The standard InChI is InChI=1S/C15H17N3O3S/c1-9-5-17(6-10(2)13(9)20)12(19)7-18-8-16-14-11(15(18)21)3-4-22-14/h3-4,8-10H,5-7H2,1-2H3/t9-,10+. The summed E-state index contributed by atoms with van der Waals surface area (Å²) in [6.07, 6.45) is 1.42. The Morgan fingerprint density at radius 3 is 2.68 bits per heavy atom. The van der Waals surface area contributed by atoms with Gasteiger partial charge in [-0.3, -0.25) is 19.0 Å². The van der Waals surface area contributed by atoms with E-state index in [-0.39, 0.29) is 35.6 Å². The summed E-state index contributed by atoms with van der Waals surface area (Å²) in [7, 11) is 0.